The van der Waals surface area contributed by atoms with Crippen LogP contribution in [-0.2, 0) is 5.75 Å². The number of benzene rings is 1. The van der Waals surface area contributed by atoms with Crippen LogP contribution in [0.1, 0.15) is 11.1 Å². The molecule has 0 unspecified atom stereocenters. The van der Waals surface area contributed by atoms with E-state index in [1.165, 1.54) is 29.2 Å². The van der Waals surface area contributed by atoms with Crippen LogP contribution in [0.3, 0.4) is 0 Å². The van der Waals surface area contributed by atoms with Crippen molar-refractivity contribution >= 4 is 34.9 Å². The average molecular weight is 326 g/mol. The average Bonchev–Trinajstić information content (AvgIpc) is 2.92. The van der Waals surface area contributed by atoms with Gasteiger partial charge >= 0.3 is 0 Å². The van der Waals surface area contributed by atoms with Gasteiger partial charge in [0, 0.05) is 11.3 Å². The predicted octanol–water partition coefficient (Wildman–Crippen LogP) is 3.04. The second-order valence-corrected chi connectivity index (χ2v) is 6.85. The van der Waals surface area contributed by atoms with Gasteiger partial charge in [-0.3, -0.25) is 0 Å². The fourth-order valence-electron chi connectivity index (χ4n) is 1.36. The maximum atomic E-state index is 13.9. The normalized spacial score (nSPS) is 10.2. The zero-order chi connectivity index (χ0) is 14.4. The minimum Gasteiger partial charge on any atom is -0.384 e. The number of aliphatic hydroxyl groups is 1. The van der Waals surface area contributed by atoms with E-state index in [1.807, 2.05) is 6.26 Å². The molecule has 0 spiro atoms. The van der Waals surface area contributed by atoms with Gasteiger partial charge in [-0.1, -0.05) is 52.8 Å². The molecule has 1 heterocycles. The number of rotatable bonds is 4. The monoisotopic (exact) mass is 326 g/mol. The van der Waals surface area contributed by atoms with Gasteiger partial charge in [0.25, 0.3) is 0 Å². The summed E-state index contributed by atoms with van der Waals surface area (Å²) in [4.78, 5) is 0. The van der Waals surface area contributed by atoms with Crippen molar-refractivity contribution in [3.05, 3.63) is 35.1 Å². The lowest BCUT2D eigenvalue weighted by Crippen LogP contribution is -1.89. The van der Waals surface area contributed by atoms with Gasteiger partial charge < -0.3 is 5.11 Å². The highest BCUT2D eigenvalue weighted by Crippen LogP contribution is 2.30. The van der Waals surface area contributed by atoms with Crippen LogP contribution in [0.2, 0.25) is 0 Å². The van der Waals surface area contributed by atoms with Crippen LogP contribution in [0, 0.1) is 17.7 Å². The summed E-state index contributed by atoms with van der Waals surface area (Å²) in [6, 6.07) is 4.83. The number of halogens is 1. The number of thioether (sulfide) groups is 2. The number of nitrogens with zero attached hydrogens (tertiary/aromatic N) is 2. The molecule has 0 fully saturated rings. The number of aromatic nitrogens is 2. The maximum absolute atomic E-state index is 13.9. The lowest BCUT2D eigenvalue weighted by atomic mass is 10.1. The highest BCUT2D eigenvalue weighted by molar-refractivity contribution is 8.02. The largest absolute Gasteiger partial charge is 0.384 e. The van der Waals surface area contributed by atoms with Crippen LogP contribution in [0.4, 0.5) is 4.39 Å². The summed E-state index contributed by atoms with van der Waals surface area (Å²) in [6.07, 6.45) is 1.95. The van der Waals surface area contributed by atoms with E-state index in [4.69, 9.17) is 5.11 Å². The third kappa shape index (κ3) is 4.21. The third-order valence-electron chi connectivity index (χ3n) is 2.28. The van der Waals surface area contributed by atoms with Crippen LogP contribution in [0.5, 0.6) is 0 Å². The molecule has 20 heavy (non-hydrogen) atoms. The molecule has 0 aliphatic rings. The molecular formula is C13H11FN2OS3. The maximum Gasteiger partial charge on any atom is 0.175 e. The molecule has 0 radical (unpaired) electrons. The Morgan fingerprint density at radius 3 is 2.80 bits per heavy atom. The van der Waals surface area contributed by atoms with E-state index >= 15 is 0 Å². The molecule has 0 atom stereocenters. The summed E-state index contributed by atoms with van der Waals surface area (Å²) < 4.78 is 15.6. The summed E-state index contributed by atoms with van der Waals surface area (Å²) in [6.45, 7) is -0.228. The van der Waals surface area contributed by atoms with E-state index in [2.05, 4.69) is 22.0 Å². The van der Waals surface area contributed by atoms with E-state index in [0.29, 0.717) is 16.9 Å². The molecule has 1 aromatic heterocycles. The fourth-order valence-corrected chi connectivity index (χ4v) is 3.79. The van der Waals surface area contributed by atoms with Gasteiger partial charge in [-0.05, 0) is 24.0 Å². The van der Waals surface area contributed by atoms with Crippen molar-refractivity contribution in [3.63, 3.8) is 0 Å². The van der Waals surface area contributed by atoms with E-state index < -0.39 is 0 Å². The van der Waals surface area contributed by atoms with Gasteiger partial charge in [0.2, 0.25) is 0 Å². The minimum atomic E-state index is -0.295. The Hall–Kier alpha value is -1.07. The molecule has 2 rings (SSSR count). The van der Waals surface area contributed by atoms with Crippen LogP contribution < -0.4 is 0 Å². The molecule has 0 aliphatic carbocycles. The number of hydrogen-bond acceptors (Lipinski definition) is 6. The molecule has 7 heteroatoms. The van der Waals surface area contributed by atoms with Crippen molar-refractivity contribution in [2.24, 2.45) is 0 Å². The quantitative estimate of drug-likeness (QED) is 0.691. The second kappa shape index (κ2) is 7.64. The zero-order valence-corrected chi connectivity index (χ0v) is 13.0. The van der Waals surface area contributed by atoms with Crippen molar-refractivity contribution in [1.82, 2.24) is 10.2 Å². The zero-order valence-electron chi connectivity index (χ0n) is 10.6. The van der Waals surface area contributed by atoms with Gasteiger partial charge in [0.05, 0.1) is 0 Å². The lowest BCUT2D eigenvalue weighted by molar-refractivity contribution is 0.350. The Morgan fingerprint density at radius 2 is 2.15 bits per heavy atom. The molecule has 1 N–H and O–H groups in total. The Labute approximate surface area is 129 Å². The van der Waals surface area contributed by atoms with Crippen LogP contribution in [0.15, 0.2) is 26.9 Å². The Balaban J connectivity index is 2.02. The molecule has 3 nitrogen and oxygen atoms in total. The highest BCUT2D eigenvalue weighted by Gasteiger charge is 2.07. The van der Waals surface area contributed by atoms with Crippen molar-refractivity contribution in [1.29, 1.82) is 0 Å². The molecule has 0 saturated heterocycles. The van der Waals surface area contributed by atoms with Crippen LogP contribution in [0.25, 0.3) is 0 Å². The SMILES string of the molecule is CSc1nnc(SCc2ccc(C#CCO)cc2F)s1. The first kappa shape index (κ1) is 15.3. The summed E-state index contributed by atoms with van der Waals surface area (Å²) in [5.74, 6) is 5.38. The standard InChI is InChI=1S/C13H11FN2OS3/c1-18-12-15-16-13(20-12)19-8-10-5-4-9(3-2-6-17)7-11(10)14/h4-5,7,17H,6,8H2,1H3. The summed E-state index contributed by atoms with van der Waals surface area (Å²) >= 11 is 4.51. The smallest absolute Gasteiger partial charge is 0.175 e. The minimum absolute atomic E-state index is 0.228. The van der Waals surface area contributed by atoms with E-state index in [9.17, 15) is 4.39 Å². The number of aliphatic hydroxyl groups excluding tert-OH is 1. The first-order valence-electron chi connectivity index (χ1n) is 5.61. The van der Waals surface area contributed by atoms with E-state index in [0.717, 1.165) is 8.68 Å². The Bertz CT molecular complexity index is 649. The van der Waals surface area contributed by atoms with E-state index in [-0.39, 0.29) is 12.4 Å². The van der Waals surface area contributed by atoms with Gasteiger partial charge in [0.15, 0.2) is 8.68 Å². The van der Waals surface area contributed by atoms with Gasteiger partial charge in [0.1, 0.15) is 12.4 Å². The molecule has 2 aromatic rings. The molecule has 0 aliphatic heterocycles. The van der Waals surface area contributed by atoms with Crippen molar-refractivity contribution in [2.45, 2.75) is 14.4 Å². The van der Waals surface area contributed by atoms with Crippen LogP contribution >= 0.6 is 34.9 Å². The van der Waals surface area contributed by atoms with Crippen molar-refractivity contribution in [2.75, 3.05) is 12.9 Å². The Morgan fingerprint density at radius 1 is 1.35 bits per heavy atom. The van der Waals surface area contributed by atoms with Gasteiger partial charge in [-0.25, -0.2) is 4.39 Å². The first-order valence-corrected chi connectivity index (χ1v) is 8.64. The molecule has 1 aromatic carbocycles. The molecule has 104 valence electrons. The van der Waals surface area contributed by atoms with Crippen molar-refractivity contribution < 1.29 is 9.50 Å². The molecule has 0 bridgehead atoms. The Kier molecular flexibility index (Phi) is 5.86. The van der Waals surface area contributed by atoms with Gasteiger partial charge in [-0.15, -0.1) is 10.2 Å². The topological polar surface area (TPSA) is 46.0 Å². The molecular weight excluding hydrogens is 315 g/mol. The van der Waals surface area contributed by atoms with Gasteiger partial charge in [-0.2, -0.15) is 0 Å². The summed E-state index contributed by atoms with van der Waals surface area (Å²) in [7, 11) is 0. The van der Waals surface area contributed by atoms with Crippen LogP contribution in [-0.4, -0.2) is 28.2 Å². The molecule has 0 amide bonds. The third-order valence-corrected chi connectivity index (χ3v) is 5.36. The fraction of sp³-hybridized carbons (Fsp3) is 0.231. The summed E-state index contributed by atoms with van der Waals surface area (Å²) in [5, 5.41) is 16.6. The highest BCUT2D eigenvalue weighted by atomic mass is 32.2. The predicted molar refractivity (Wildman–Crippen MR) is 81.6 cm³/mol. The second-order valence-electron chi connectivity index (χ2n) is 3.59. The van der Waals surface area contributed by atoms with Crippen molar-refractivity contribution in [3.8, 4) is 11.8 Å². The summed E-state index contributed by atoms with van der Waals surface area (Å²) in [5.41, 5.74) is 1.16. The first-order chi connectivity index (χ1) is 9.72. The van der Waals surface area contributed by atoms with E-state index in [1.54, 1.807) is 23.9 Å². The lowest BCUT2D eigenvalue weighted by Gasteiger charge is -2.01. The number of hydrogen-bond donors (Lipinski definition) is 1. The molecule has 0 saturated carbocycles.